The van der Waals surface area contributed by atoms with Crippen LogP contribution >= 0.6 is 11.6 Å². The van der Waals surface area contributed by atoms with Crippen molar-refractivity contribution in [3.63, 3.8) is 0 Å². The minimum Gasteiger partial charge on any atom is -0.452 e. The summed E-state index contributed by atoms with van der Waals surface area (Å²) >= 11 is 5.84. The summed E-state index contributed by atoms with van der Waals surface area (Å²) in [5.41, 5.74) is -2.32. The van der Waals surface area contributed by atoms with Crippen molar-refractivity contribution in [1.82, 2.24) is 9.97 Å². The minimum absolute atomic E-state index is 0.198. The van der Waals surface area contributed by atoms with Crippen molar-refractivity contribution in [1.29, 1.82) is 0 Å². The number of nitrogens with zero attached hydrogens (tertiary/aromatic N) is 3. The van der Waals surface area contributed by atoms with Crippen LogP contribution in [0.1, 0.15) is 35.6 Å². The van der Waals surface area contributed by atoms with Crippen molar-refractivity contribution in [2.24, 2.45) is 0 Å². The van der Waals surface area contributed by atoms with E-state index in [2.05, 4.69) is 19.4 Å². The third kappa shape index (κ3) is 4.52. The van der Waals surface area contributed by atoms with Gasteiger partial charge in [0, 0.05) is 18.8 Å². The van der Waals surface area contributed by atoms with E-state index >= 15 is 0 Å². The SMILES string of the molecule is COC(=O)N(c1ncc(C(F)(F)F)cc1OC(F)F)C1CCC(F)(F)c2c1ccnc2Cl. The predicted molar refractivity (Wildman–Crippen MR) is 95.9 cm³/mol. The van der Waals surface area contributed by atoms with Crippen LogP contribution in [0.25, 0.3) is 0 Å². The largest absolute Gasteiger partial charge is 0.452 e. The van der Waals surface area contributed by atoms with Crippen LogP contribution in [0, 0.1) is 0 Å². The van der Waals surface area contributed by atoms with Gasteiger partial charge in [0.1, 0.15) is 5.15 Å². The molecular weight excluding hydrogens is 475 g/mol. The lowest BCUT2D eigenvalue weighted by Gasteiger charge is -2.37. The average Bonchev–Trinajstić information content (AvgIpc) is 2.69. The van der Waals surface area contributed by atoms with E-state index in [1.807, 2.05) is 0 Å². The van der Waals surface area contributed by atoms with Gasteiger partial charge in [-0.2, -0.15) is 22.0 Å². The summed E-state index contributed by atoms with van der Waals surface area (Å²) in [4.78, 5) is 20.2. The molecule has 0 saturated carbocycles. The van der Waals surface area contributed by atoms with Gasteiger partial charge in [0.15, 0.2) is 11.6 Å². The Kier molecular flexibility index (Phi) is 6.40. The number of alkyl halides is 7. The van der Waals surface area contributed by atoms with Gasteiger partial charge in [0.25, 0.3) is 5.92 Å². The maximum atomic E-state index is 14.5. The number of aromatic nitrogens is 2. The van der Waals surface area contributed by atoms with Gasteiger partial charge in [0.05, 0.1) is 24.3 Å². The highest BCUT2D eigenvalue weighted by molar-refractivity contribution is 6.30. The molecule has 6 nitrogen and oxygen atoms in total. The number of fused-ring (bicyclic) bond motifs is 1. The molecule has 2 heterocycles. The van der Waals surface area contributed by atoms with Crippen LogP contribution in [0.5, 0.6) is 5.75 Å². The Balaban J connectivity index is 2.21. The number of halogens is 8. The topological polar surface area (TPSA) is 64.5 Å². The van der Waals surface area contributed by atoms with Gasteiger partial charge in [-0.25, -0.2) is 23.5 Å². The summed E-state index contributed by atoms with van der Waals surface area (Å²) in [6.07, 6.45) is -6.09. The highest BCUT2D eigenvalue weighted by Gasteiger charge is 2.46. The van der Waals surface area contributed by atoms with E-state index in [-0.39, 0.29) is 11.6 Å². The second kappa shape index (κ2) is 8.60. The molecule has 1 aliphatic carbocycles. The Morgan fingerprint density at radius 1 is 1.31 bits per heavy atom. The number of carbonyl (C=O) groups excluding carboxylic acids is 1. The molecule has 3 rings (SSSR count). The number of ether oxygens (including phenoxy) is 2. The summed E-state index contributed by atoms with van der Waals surface area (Å²) in [7, 11) is 0.908. The maximum Gasteiger partial charge on any atom is 0.418 e. The lowest BCUT2D eigenvalue weighted by Crippen LogP contribution is -2.40. The zero-order chi connectivity index (χ0) is 23.8. The Bertz CT molecular complexity index is 1020. The normalized spacial score (nSPS) is 17.6. The molecule has 0 spiro atoms. The average molecular weight is 488 g/mol. The van der Waals surface area contributed by atoms with Crippen LogP contribution in [-0.4, -0.2) is 29.8 Å². The second-order valence-electron chi connectivity index (χ2n) is 6.59. The molecular formula is C18H13ClF7N3O3. The summed E-state index contributed by atoms with van der Waals surface area (Å²) < 4.78 is 103. The minimum atomic E-state index is -4.96. The first-order valence-corrected chi connectivity index (χ1v) is 9.16. The Hall–Kier alpha value is -2.83. The molecule has 1 unspecified atom stereocenters. The molecule has 0 saturated heterocycles. The molecule has 1 amide bonds. The third-order valence-corrected chi connectivity index (χ3v) is 4.97. The summed E-state index contributed by atoms with van der Waals surface area (Å²) in [5, 5.41) is -0.550. The van der Waals surface area contributed by atoms with Crippen molar-refractivity contribution in [3.05, 3.63) is 46.4 Å². The van der Waals surface area contributed by atoms with E-state index in [1.54, 1.807) is 0 Å². The monoisotopic (exact) mass is 487 g/mol. The smallest absolute Gasteiger partial charge is 0.418 e. The Morgan fingerprint density at radius 2 is 2.00 bits per heavy atom. The zero-order valence-electron chi connectivity index (χ0n) is 16.0. The highest BCUT2D eigenvalue weighted by atomic mass is 35.5. The van der Waals surface area contributed by atoms with Gasteiger partial charge in [0.2, 0.25) is 0 Å². The van der Waals surface area contributed by atoms with Crippen molar-refractivity contribution < 1.29 is 45.0 Å². The number of pyridine rings is 2. The number of hydrogen-bond acceptors (Lipinski definition) is 5. The lowest BCUT2D eigenvalue weighted by molar-refractivity contribution is -0.138. The van der Waals surface area contributed by atoms with Crippen molar-refractivity contribution in [2.75, 3.05) is 12.0 Å². The van der Waals surface area contributed by atoms with E-state index in [4.69, 9.17) is 11.6 Å². The van der Waals surface area contributed by atoms with Crippen molar-refractivity contribution >= 4 is 23.5 Å². The molecule has 0 N–H and O–H groups in total. The molecule has 14 heteroatoms. The van der Waals surface area contributed by atoms with Crippen LogP contribution in [-0.2, 0) is 16.8 Å². The molecule has 32 heavy (non-hydrogen) atoms. The van der Waals surface area contributed by atoms with Crippen LogP contribution < -0.4 is 9.64 Å². The standard InChI is InChI=1S/C18H13ClF7N3O3/c1-31-16(30)29(10-2-4-17(22,23)12-9(10)3-5-27-13(12)19)14-11(32-15(20)21)6-8(7-28-14)18(24,25)26/h3,5-7,10,15H,2,4H2,1H3. The number of methoxy groups -OCH3 is 1. The van der Waals surface area contributed by atoms with Crippen LogP contribution in [0.3, 0.4) is 0 Å². The van der Waals surface area contributed by atoms with Crippen molar-refractivity contribution in [3.8, 4) is 5.75 Å². The zero-order valence-corrected chi connectivity index (χ0v) is 16.7. The summed E-state index contributed by atoms with van der Waals surface area (Å²) in [6.45, 7) is -3.57. The van der Waals surface area contributed by atoms with Gasteiger partial charge in [-0.15, -0.1) is 0 Å². The highest BCUT2D eigenvalue weighted by Crippen LogP contribution is 2.50. The number of hydrogen-bond donors (Lipinski definition) is 0. The van der Waals surface area contributed by atoms with E-state index in [0.717, 1.165) is 19.4 Å². The van der Waals surface area contributed by atoms with Gasteiger partial charge >= 0.3 is 18.9 Å². The van der Waals surface area contributed by atoms with Gasteiger partial charge in [-0.1, -0.05) is 11.6 Å². The first kappa shape index (κ1) is 23.8. The van der Waals surface area contributed by atoms with E-state index < -0.39 is 71.5 Å². The molecule has 174 valence electrons. The molecule has 0 aromatic carbocycles. The quantitative estimate of drug-likeness (QED) is 0.394. The number of anilines is 1. The van der Waals surface area contributed by atoms with Crippen LogP contribution in [0.2, 0.25) is 5.15 Å². The van der Waals surface area contributed by atoms with Crippen LogP contribution in [0.15, 0.2) is 24.5 Å². The van der Waals surface area contributed by atoms with E-state index in [9.17, 15) is 35.5 Å². The van der Waals surface area contributed by atoms with E-state index in [0.29, 0.717) is 11.1 Å². The second-order valence-corrected chi connectivity index (χ2v) is 6.94. The fourth-order valence-corrected chi connectivity index (χ4v) is 3.68. The molecule has 1 atom stereocenters. The summed E-state index contributed by atoms with van der Waals surface area (Å²) in [5.74, 6) is -5.30. The molecule has 2 aromatic rings. The molecule has 0 aliphatic heterocycles. The first-order chi connectivity index (χ1) is 14.9. The first-order valence-electron chi connectivity index (χ1n) is 8.78. The molecule has 0 radical (unpaired) electrons. The fourth-order valence-electron chi connectivity index (χ4n) is 3.37. The van der Waals surface area contributed by atoms with Gasteiger partial charge in [-0.05, 0) is 24.1 Å². The van der Waals surface area contributed by atoms with Crippen molar-refractivity contribution in [2.45, 2.75) is 37.6 Å². The fraction of sp³-hybridized carbons (Fsp3) is 0.389. The maximum absolute atomic E-state index is 14.5. The number of amides is 1. The number of carbonyl (C=O) groups is 1. The molecule has 0 bridgehead atoms. The Labute approximate surface area is 180 Å². The van der Waals surface area contributed by atoms with Gasteiger partial charge < -0.3 is 9.47 Å². The Morgan fingerprint density at radius 3 is 2.59 bits per heavy atom. The van der Waals surface area contributed by atoms with Gasteiger partial charge in [-0.3, -0.25) is 4.90 Å². The summed E-state index contributed by atoms with van der Waals surface area (Å²) in [6, 6.07) is 0.0522. The number of rotatable bonds is 4. The lowest BCUT2D eigenvalue weighted by atomic mass is 9.85. The van der Waals surface area contributed by atoms with Crippen LogP contribution in [0.4, 0.5) is 41.3 Å². The third-order valence-electron chi connectivity index (χ3n) is 4.68. The molecule has 0 fully saturated rings. The molecule has 2 aromatic heterocycles. The van der Waals surface area contributed by atoms with E-state index in [1.165, 1.54) is 0 Å². The molecule has 1 aliphatic rings. The predicted octanol–water partition coefficient (Wildman–Crippen LogP) is 5.95.